The van der Waals surface area contributed by atoms with Gasteiger partial charge >= 0.3 is 0 Å². The van der Waals surface area contributed by atoms with Crippen molar-refractivity contribution in [2.75, 3.05) is 37.7 Å². The number of anilines is 1. The van der Waals surface area contributed by atoms with Crippen LogP contribution in [-0.4, -0.2) is 61.4 Å². The lowest BCUT2D eigenvalue weighted by Crippen LogP contribution is -2.36. The van der Waals surface area contributed by atoms with E-state index in [2.05, 4.69) is 19.8 Å². The quantitative estimate of drug-likeness (QED) is 0.443. The molecule has 9 nitrogen and oxygen atoms in total. The SMILES string of the molecule is CC(C)CNS(=O)(=O)c1cc2nc(-c3cccc4[nH]ncc34)nc(N3CCOCC3)c2s1. The number of ether oxygens (including phenoxy) is 1. The van der Waals surface area contributed by atoms with Crippen LogP contribution >= 0.6 is 11.3 Å². The van der Waals surface area contributed by atoms with E-state index < -0.39 is 10.0 Å². The van der Waals surface area contributed by atoms with Crippen molar-refractivity contribution in [3.63, 3.8) is 0 Å². The van der Waals surface area contributed by atoms with E-state index in [0.29, 0.717) is 44.2 Å². The van der Waals surface area contributed by atoms with Gasteiger partial charge in [0.05, 0.1) is 35.1 Å². The van der Waals surface area contributed by atoms with E-state index in [0.717, 1.165) is 27.0 Å². The van der Waals surface area contributed by atoms with Gasteiger partial charge in [0.25, 0.3) is 0 Å². The number of nitrogens with zero attached hydrogens (tertiary/aromatic N) is 4. The van der Waals surface area contributed by atoms with Crippen molar-refractivity contribution in [2.45, 2.75) is 18.1 Å². The van der Waals surface area contributed by atoms with E-state index in [4.69, 9.17) is 14.7 Å². The van der Waals surface area contributed by atoms with E-state index in [9.17, 15) is 8.42 Å². The maximum atomic E-state index is 12.9. The summed E-state index contributed by atoms with van der Waals surface area (Å²) in [6, 6.07) is 7.48. The fourth-order valence-corrected chi connectivity index (χ4v) is 6.32. The number of fused-ring (bicyclic) bond motifs is 2. The smallest absolute Gasteiger partial charge is 0.250 e. The summed E-state index contributed by atoms with van der Waals surface area (Å²) < 4.78 is 35.0. The van der Waals surface area contributed by atoms with Crippen LogP contribution in [0.4, 0.5) is 5.82 Å². The second kappa shape index (κ2) is 8.39. The number of sulfonamides is 1. The fraction of sp³-hybridized carbons (Fsp3) is 0.381. The highest BCUT2D eigenvalue weighted by Crippen LogP contribution is 2.37. The second-order valence-electron chi connectivity index (χ2n) is 8.13. The van der Waals surface area contributed by atoms with Crippen molar-refractivity contribution in [1.29, 1.82) is 0 Å². The van der Waals surface area contributed by atoms with Gasteiger partial charge in [0.15, 0.2) is 11.6 Å². The lowest BCUT2D eigenvalue weighted by atomic mass is 10.1. The molecule has 1 aromatic carbocycles. The van der Waals surface area contributed by atoms with Crippen LogP contribution < -0.4 is 9.62 Å². The molecule has 1 aliphatic heterocycles. The molecule has 32 heavy (non-hydrogen) atoms. The number of nitrogens with one attached hydrogen (secondary N) is 2. The standard InChI is InChI=1S/C21H24N6O3S2/c1-13(2)11-23-32(28,29)18-10-17-19(31-18)21(27-6-8-30-9-7-27)25-20(24-17)14-4-3-5-16-15(14)12-22-26-16/h3-5,10,12-13,23H,6-9,11H2,1-2H3,(H,22,26). The Hall–Kier alpha value is -2.60. The molecule has 4 aromatic rings. The highest BCUT2D eigenvalue weighted by Gasteiger charge is 2.24. The average molecular weight is 473 g/mol. The summed E-state index contributed by atoms with van der Waals surface area (Å²) in [5, 5.41) is 8.03. The third-order valence-corrected chi connectivity index (χ3v) is 8.33. The molecule has 1 saturated heterocycles. The lowest BCUT2D eigenvalue weighted by molar-refractivity contribution is 0.122. The molecule has 4 heterocycles. The molecule has 168 valence electrons. The summed E-state index contributed by atoms with van der Waals surface area (Å²) in [6.45, 7) is 6.90. The molecule has 0 spiro atoms. The topological polar surface area (TPSA) is 113 Å². The average Bonchev–Trinajstić information content (AvgIpc) is 3.45. The van der Waals surface area contributed by atoms with Gasteiger partial charge < -0.3 is 9.64 Å². The zero-order chi connectivity index (χ0) is 22.3. The molecule has 0 atom stereocenters. The largest absolute Gasteiger partial charge is 0.378 e. The van der Waals surface area contributed by atoms with Gasteiger partial charge in [-0.1, -0.05) is 26.0 Å². The molecule has 1 fully saturated rings. The Morgan fingerprint density at radius 3 is 2.84 bits per heavy atom. The minimum atomic E-state index is -3.63. The molecule has 0 bridgehead atoms. The van der Waals surface area contributed by atoms with Crippen molar-refractivity contribution < 1.29 is 13.2 Å². The Morgan fingerprint density at radius 1 is 1.25 bits per heavy atom. The van der Waals surface area contributed by atoms with Gasteiger partial charge in [0, 0.05) is 30.6 Å². The van der Waals surface area contributed by atoms with Gasteiger partial charge in [0.2, 0.25) is 10.0 Å². The van der Waals surface area contributed by atoms with E-state index in [1.54, 1.807) is 12.3 Å². The first-order valence-corrected chi connectivity index (χ1v) is 12.8. The molecule has 0 amide bonds. The summed E-state index contributed by atoms with van der Waals surface area (Å²) >= 11 is 1.21. The zero-order valence-corrected chi connectivity index (χ0v) is 19.5. The van der Waals surface area contributed by atoms with Crippen molar-refractivity contribution in [1.82, 2.24) is 24.9 Å². The first-order valence-electron chi connectivity index (χ1n) is 10.5. The third kappa shape index (κ3) is 3.96. The fourth-order valence-electron chi connectivity index (χ4n) is 3.65. The number of rotatable bonds is 6. The number of hydrogen-bond donors (Lipinski definition) is 2. The molecule has 3 aromatic heterocycles. The summed E-state index contributed by atoms with van der Waals surface area (Å²) in [5.41, 5.74) is 2.36. The highest BCUT2D eigenvalue weighted by atomic mass is 32.2. The zero-order valence-electron chi connectivity index (χ0n) is 17.8. The van der Waals surface area contributed by atoms with Gasteiger partial charge in [-0.15, -0.1) is 11.3 Å². The molecule has 0 saturated carbocycles. The third-order valence-electron chi connectivity index (χ3n) is 5.31. The van der Waals surface area contributed by atoms with Crippen LogP contribution in [-0.2, 0) is 14.8 Å². The van der Waals surface area contributed by atoms with Crippen molar-refractivity contribution in [3.05, 3.63) is 30.5 Å². The number of benzene rings is 1. The van der Waals surface area contributed by atoms with Gasteiger partial charge in [-0.05, 0) is 18.1 Å². The van der Waals surface area contributed by atoms with Crippen molar-refractivity contribution in [2.24, 2.45) is 5.92 Å². The maximum absolute atomic E-state index is 12.9. The summed E-state index contributed by atoms with van der Waals surface area (Å²) in [6.07, 6.45) is 1.76. The van der Waals surface area contributed by atoms with E-state index >= 15 is 0 Å². The Morgan fingerprint density at radius 2 is 2.06 bits per heavy atom. The van der Waals surface area contributed by atoms with Crippen LogP contribution in [0.25, 0.3) is 32.5 Å². The van der Waals surface area contributed by atoms with Crippen LogP contribution in [0, 0.1) is 5.92 Å². The number of aromatic amines is 1. The van der Waals surface area contributed by atoms with Gasteiger partial charge in [0.1, 0.15) is 4.21 Å². The molecule has 1 aliphatic rings. The van der Waals surface area contributed by atoms with Crippen LogP contribution in [0.2, 0.25) is 0 Å². The van der Waals surface area contributed by atoms with Gasteiger partial charge in [-0.2, -0.15) is 5.10 Å². The molecular weight excluding hydrogens is 448 g/mol. The molecule has 0 radical (unpaired) electrons. The first kappa shape index (κ1) is 21.3. The predicted molar refractivity (Wildman–Crippen MR) is 126 cm³/mol. The van der Waals surface area contributed by atoms with E-state index in [-0.39, 0.29) is 10.1 Å². The normalized spacial score (nSPS) is 15.3. The highest BCUT2D eigenvalue weighted by molar-refractivity contribution is 7.91. The van der Waals surface area contributed by atoms with Crippen molar-refractivity contribution in [3.8, 4) is 11.4 Å². The molecule has 0 unspecified atom stereocenters. The second-order valence-corrected chi connectivity index (χ2v) is 11.2. The number of thiophene rings is 1. The van der Waals surface area contributed by atoms with Crippen LogP contribution in [0.1, 0.15) is 13.8 Å². The Bertz CT molecular complexity index is 1370. The van der Waals surface area contributed by atoms with E-state index in [1.807, 2.05) is 32.0 Å². The summed E-state index contributed by atoms with van der Waals surface area (Å²) in [7, 11) is -3.63. The molecule has 0 aliphatic carbocycles. The lowest BCUT2D eigenvalue weighted by Gasteiger charge is -2.28. The van der Waals surface area contributed by atoms with Crippen LogP contribution in [0.15, 0.2) is 34.7 Å². The molecule has 11 heteroatoms. The Labute approximate surface area is 189 Å². The first-order chi connectivity index (χ1) is 15.4. The Balaban J connectivity index is 1.67. The summed E-state index contributed by atoms with van der Waals surface area (Å²) in [4.78, 5) is 11.8. The minimum Gasteiger partial charge on any atom is -0.378 e. The van der Waals surface area contributed by atoms with Crippen LogP contribution in [0.3, 0.4) is 0 Å². The number of H-pyrrole nitrogens is 1. The number of morpholine rings is 1. The van der Waals surface area contributed by atoms with E-state index in [1.165, 1.54) is 11.3 Å². The Kier molecular flexibility index (Phi) is 5.58. The van der Waals surface area contributed by atoms with Gasteiger partial charge in [-0.3, -0.25) is 5.10 Å². The van der Waals surface area contributed by atoms with Crippen molar-refractivity contribution >= 4 is 48.3 Å². The summed E-state index contributed by atoms with van der Waals surface area (Å²) in [5.74, 6) is 1.50. The van der Waals surface area contributed by atoms with Crippen LogP contribution in [0.5, 0.6) is 0 Å². The minimum absolute atomic E-state index is 0.213. The predicted octanol–water partition coefficient (Wildman–Crippen LogP) is 3.01. The number of aromatic nitrogens is 4. The monoisotopic (exact) mass is 472 g/mol. The molecule has 2 N–H and O–H groups in total. The maximum Gasteiger partial charge on any atom is 0.250 e. The molecular formula is C21H24N6O3S2. The number of hydrogen-bond acceptors (Lipinski definition) is 8. The van der Waals surface area contributed by atoms with Gasteiger partial charge in [-0.25, -0.2) is 23.1 Å². The molecule has 5 rings (SSSR count).